The number of nitrogens with one attached hydrogen (secondary N) is 1. The zero-order valence-corrected chi connectivity index (χ0v) is 8.99. The third kappa shape index (κ3) is 3.67. The second-order valence-corrected chi connectivity index (χ2v) is 3.42. The third-order valence-electron chi connectivity index (χ3n) is 1.90. The van der Waals surface area contributed by atoms with E-state index < -0.39 is 17.7 Å². The maximum absolute atomic E-state index is 12.8. The molecular formula is C11H10FNO4. The van der Waals surface area contributed by atoms with Gasteiger partial charge in [0.2, 0.25) is 5.91 Å². The summed E-state index contributed by atoms with van der Waals surface area (Å²) in [5.41, 5.74) is -0.396. The Hall–Kier alpha value is -2.24. The number of carbonyl (C=O) groups is 3. The Kier molecular flexibility index (Phi) is 3.92. The second kappa shape index (κ2) is 5.20. The minimum Gasteiger partial charge on any atom is -0.478 e. The lowest BCUT2D eigenvalue weighted by molar-refractivity contribution is -0.124. The Labute approximate surface area is 96.3 Å². The second-order valence-electron chi connectivity index (χ2n) is 3.42. The van der Waals surface area contributed by atoms with Gasteiger partial charge in [0.05, 0.1) is 17.7 Å². The van der Waals surface area contributed by atoms with E-state index in [-0.39, 0.29) is 23.5 Å². The van der Waals surface area contributed by atoms with Gasteiger partial charge in [-0.1, -0.05) is 0 Å². The van der Waals surface area contributed by atoms with Gasteiger partial charge in [-0.25, -0.2) is 9.18 Å². The van der Waals surface area contributed by atoms with E-state index in [9.17, 15) is 18.8 Å². The first-order chi connectivity index (χ1) is 7.90. The van der Waals surface area contributed by atoms with E-state index >= 15 is 0 Å². The first-order valence-corrected chi connectivity index (χ1v) is 4.72. The molecule has 0 aromatic heterocycles. The SMILES string of the molecule is CC(=O)CC(=O)Nc1ccc(F)cc1C(=O)O. The molecule has 6 heteroatoms. The fourth-order valence-corrected chi connectivity index (χ4v) is 1.22. The predicted octanol–water partition coefficient (Wildman–Crippen LogP) is 1.44. The van der Waals surface area contributed by atoms with Crippen LogP contribution in [0.4, 0.5) is 10.1 Å². The largest absolute Gasteiger partial charge is 0.478 e. The normalized spacial score (nSPS) is 9.76. The van der Waals surface area contributed by atoms with Crippen molar-refractivity contribution < 1.29 is 23.9 Å². The molecule has 0 spiro atoms. The number of rotatable bonds is 4. The van der Waals surface area contributed by atoms with Gasteiger partial charge in [-0.05, 0) is 25.1 Å². The van der Waals surface area contributed by atoms with Crippen molar-refractivity contribution in [2.75, 3.05) is 5.32 Å². The van der Waals surface area contributed by atoms with Crippen molar-refractivity contribution >= 4 is 23.3 Å². The lowest BCUT2D eigenvalue weighted by atomic mass is 10.1. The number of anilines is 1. The number of hydrogen-bond donors (Lipinski definition) is 2. The lowest BCUT2D eigenvalue weighted by Crippen LogP contribution is -2.17. The van der Waals surface area contributed by atoms with Gasteiger partial charge in [-0.2, -0.15) is 0 Å². The molecule has 0 aliphatic heterocycles. The molecule has 90 valence electrons. The number of aromatic carboxylic acids is 1. The molecule has 5 nitrogen and oxygen atoms in total. The van der Waals surface area contributed by atoms with Gasteiger partial charge in [0.15, 0.2) is 0 Å². The maximum Gasteiger partial charge on any atom is 0.337 e. The van der Waals surface area contributed by atoms with Crippen molar-refractivity contribution in [3.8, 4) is 0 Å². The van der Waals surface area contributed by atoms with E-state index in [4.69, 9.17) is 5.11 Å². The summed E-state index contributed by atoms with van der Waals surface area (Å²) in [6.07, 6.45) is -0.351. The number of Topliss-reactive ketones (excluding diaryl/α,β-unsaturated/α-hetero) is 1. The topological polar surface area (TPSA) is 83.5 Å². The van der Waals surface area contributed by atoms with Crippen molar-refractivity contribution in [3.63, 3.8) is 0 Å². The Morgan fingerprint density at radius 2 is 2.00 bits per heavy atom. The zero-order valence-electron chi connectivity index (χ0n) is 8.99. The van der Waals surface area contributed by atoms with Crippen LogP contribution in [0.5, 0.6) is 0 Å². The predicted molar refractivity (Wildman–Crippen MR) is 57.3 cm³/mol. The Balaban J connectivity index is 2.94. The van der Waals surface area contributed by atoms with Gasteiger partial charge in [-0.15, -0.1) is 0 Å². The molecule has 0 radical (unpaired) electrons. The highest BCUT2D eigenvalue weighted by Gasteiger charge is 2.14. The Morgan fingerprint density at radius 3 is 2.53 bits per heavy atom. The molecule has 17 heavy (non-hydrogen) atoms. The Morgan fingerprint density at radius 1 is 1.35 bits per heavy atom. The van der Waals surface area contributed by atoms with E-state index in [1.54, 1.807) is 0 Å². The highest BCUT2D eigenvalue weighted by atomic mass is 19.1. The van der Waals surface area contributed by atoms with Crippen molar-refractivity contribution in [1.29, 1.82) is 0 Å². The smallest absolute Gasteiger partial charge is 0.337 e. The molecule has 1 amide bonds. The zero-order chi connectivity index (χ0) is 13.0. The monoisotopic (exact) mass is 239 g/mol. The van der Waals surface area contributed by atoms with Crippen LogP contribution in [0.1, 0.15) is 23.7 Å². The number of halogens is 1. The van der Waals surface area contributed by atoms with Gasteiger partial charge in [-0.3, -0.25) is 9.59 Å². The number of benzene rings is 1. The molecule has 0 heterocycles. The fraction of sp³-hybridized carbons (Fsp3) is 0.182. The van der Waals surface area contributed by atoms with E-state index in [0.29, 0.717) is 0 Å². The summed E-state index contributed by atoms with van der Waals surface area (Å²) in [6, 6.07) is 2.96. The summed E-state index contributed by atoms with van der Waals surface area (Å²) in [5.74, 6) is -3.05. The van der Waals surface area contributed by atoms with Crippen LogP contribution in [0.25, 0.3) is 0 Å². The van der Waals surface area contributed by atoms with Gasteiger partial charge in [0.25, 0.3) is 0 Å². The van der Waals surface area contributed by atoms with Crippen LogP contribution in [-0.2, 0) is 9.59 Å². The van der Waals surface area contributed by atoms with Gasteiger partial charge in [0.1, 0.15) is 11.6 Å². The molecule has 0 fully saturated rings. The van der Waals surface area contributed by atoms with Gasteiger partial charge in [0, 0.05) is 0 Å². The molecule has 0 unspecified atom stereocenters. The minimum absolute atomic E-state index is 0.0369. The summed E-state index contributed by atoms with van der Waals surface area (Å²) < 4.78 is 12.8. The van der Waals surface area contributed by atoms with E-state index in [1.165, 1.54) is 6.92 Å². The summed E-state index contributed by atoms with van der Waals surface area (Å²) in [6.45, 7) is 1.24. The number of hydrogen-bond acceptors (Lipinski definition) is 3. The van der Waals surface area contributed by atoms with Gasteiger partial charge >= 0.3 is 5.97 Å². The Bertz CT molecular complexity index is 484. The highest BCUT2D eigenvalue weighted by molar-refractivity contribution is 6.06. The standard InChI is InChI=1S/C11H10FNO4/c1-6(14)4-10(15)13-9-3-2-7(12)5-8(9)11(16)17/h2-3,5H,4H2,1H3,(H,13,15)(H,16,17). The number of amides is 1. The quantitative estimate of drug-likeness (QED) is 0.779. The first-order valence-electron chi connectivity index (χ1n) is 4.72. The van der Waals surface area contributed by atoms with E-state index in [1.807, 2.05) is 0 Å². The average Bonchev–Trinajstić information content (AvgIpc) is 2.19. The molecule has 0 saturated heterocycles. The number of ketones is 1. The number of carbonyl (C=O) groups excluding carboxylic acids is 2. The van der Waals surface area contributed by atoms with Crippen molar-refractivity contribution in [2.24, 2.45) is 0 Å². The first kappa shape index (κ1) is 12.8. The van der Waals surface area contributed by atoms with E-state index in [0.717, 1.165) is 18.2 Å². The molecule has 0 saturated carbocycles. The van der Waals surface area contributed by atoms with Gasteiger partial charge < -0.3 is 10.4 Å². The lowest BCUT2D eigenvalue weighted by Gasteiger charge is -2.07. The molecule has 1 aromatic rings. The van der Waals surface area contributed by atoms with Crippen LogP contribution in [-0.4, -0.2) is 22.8 Å². The third-order valence-corrected chi connectivity index (χ3v) is 1.90. The van der Waals surface area contributed by atoms with Crippen molar-refractivity contribution in [2.45, 2.75) is 13.3 Å². The summed E-state index contributed by atoms with van der Waals surface area (Å²) in [5, 5.41) is 11.0. The maximum atomic E-state index is 12.8. The van der Waals surface area contributed by atoms with Crippen LogP contribution < -0.4 is 5.32 Å². The summed E-state index contributed by atoms with van der Waals surface area (Å²) >= 11 is 0. The minimum atomic E-state index is -1.36. The molecule has 1 aromatic carbocycles. The van der Waals surface area contributed by atoms with Crippen LogP contribution in [0.2, 0.25) is 0 Å². The number of carboxylic acids is 1. The molecule has 0 aliphatic rings. The van der Waals surface area contributed by atoms with Crippen molar-refractivity contribution in [3.05, 3.63) is 29.6 Å². The molecule has 1 rings (SSSR count). The number of carboxylic acid groups (broad SMARTS) is 1. The molecule has 0 bridgehead atoms. The molecular weight excluding hydrogens is 229 g/mol. The van der Waals surface area contributed by atoms with Crippen LogP contribution >= 0.6 is 0 Å². The molecule has 0 atom stereocenters. The molecule has 2 N–H and O–H groups in total. The van der Waals surface area contributed by atoms with Crippen LogP contribution in [0, 0.1) is 5.82 Å². The van der Waals surface area contributed by atoms with E-state index in [2.05, 4.69) is 5.32 Å². The fourth-order valence-electron chi connectivity index (χ4n) is 1.22. The van der Waals surface area contributed by atoms with Crippen LogP contribution in [0.15, 0.2) is 18.2 Å². The van der Waals surface area contributed by atoms with Crippen molar-refractivity contribution in [1.82, 2.24) is 0 Å². The summed E-state index contributed by atoms with van der Waals surface area (Å²) in [7, 11) is 0. The molecule has 0 aliphatic carbocycles. The summed E-state index contributed by atoms with van der Waals surface area (Å²) in [4.78, 5) is 32.7. The highest BCUT2D eigenvalue weighted by Crippen LogP contribution is 2.17. The average molecular weight is 239 g/mol. The van der Waals surface area contributed by atoms with Crippen LogP contribution in [0.3, 0.4) is 0 Å².